The lowest BCUT2D eigenvalue weighted by Crippen LogP contribution is -2.29. The van der Waals surface area contributed by atoms with E-state index in [0.29, 0.717) is 11.6 Å². The molecule has 3 rings (SSSR count). The SMILES string of the molecule is O=C(c1ccc(Br)cn1)N1CCC(c2ccccc2)C1. The number of rotatable bonds is 2. The van der Waals surface area contributed by atoms with Gasteiger partial charge < -0.3 is 4.90 Å². The summed E-state index contributed by atoms with van der Waals surface area (Å²) in [5, 5.41) is 0. The van der Waals surface area contributed by atoms with Crippen LogP contribution >= 0.6 is 15.9 Å². The topological polar surface area (TPSA) is 33.2 Å². The predicted octanol–water partition coefficient (Wildman–Crippen LogP) is 3.47. The van der Waals surface area contributed by atoms with Crippen LogP contribution in [0, 0.1) is 0 Å². The largest absolute Gasteiger partial charge is 0.337 e. The molecule has 1 aliphatic heterocycles. The van der Waals surface area contributed by atoms with Gasteiger partial charge in [0.05, 0.1) is 0 Å². The van der Waals surface area contributed by atoms with Crippen molar-refractivity contribution in [1.82, 2.24) is 9.88 Å². The standard InChI is InChI=1S/C16H15BrN2O/c17-14-6-7-15(18-10-14)16(20)19-9-8-13(11-19)12-4-2-1-3-5-12/h1-7,10,13H,8-9,11H2. The van der Waals surface area contributed by atoms with Crippen LogP contribution in [0.25, 0.3) is 0 Å². The first kappa shape index (κ1) is 13.3. The fourth-order valence-electron chi connectivity index (χ4n) is 2.61. The van der Waals surface area contributed by atoms with E-state index in [1.54, 1.807) is 12.3 Å². The predicted molar refractivity (Wildman–Crippen MR) is 81.6 cm³/mol. The number of carbonyl (C=O) groups is 1. The number of hydrogen-bond donors (Lipinski definition) is 0. The molecule has 1 amide bonds. The quantitative estimate of drug-likeness (QED) is 0.844. The molecule has 2 aromatic rings. The average Bonchev–Trinajstić information content (AvgIpc) is 2.98. The van der Waals surface area contributed by atoms with Gasteiger partial charge in [0.25, 0.3) is 5.91 Å². The number of halogens is 1. The molecule has 20 heavy (non-hydrogen) atoms. The zero-order valence-corrected chi connectivity index (χ0v) is 12.6. The van der Waals surface area contributed by atoms with Gasteiger partial charge in [0.2, 0.25) is 0 Å². The van der Waals surface area contributed by atoms with Gasteiger partial charge in [-0.2, -0.15) is 0 Å². The number of carbonyl (C=O) groups excluding carboxylic acids is 1. The molecular weight excluding hydrogens is 316 g/mol. The minimum Gasteiger partial charge on any atom is -0.337 e. The van der Waals surface area contributed by atoms with Gasteiger partial charge in [-0.3, -0.25) is 4.79 Å². The summed E-state index contributed by atoms with van der Waals surface area (Å²) in [7, 11) is 0. The van der Waals surface area contributed by atoms with Gasteiger partial charge in [-0.25, -0.2) is 4.98 Å². The van der Waals surface area contributed by atoms with Crippen LogP contribution < -0.4 is 0 Å². The lowest BCUT2D eigenvalue weighted by atomic mass is 9.99. The number of pyridine rings is 1. The van der Waals surface area contributed by atoms with Crippen LogP contribution in [0.2, 0.25) is 0 Å². The minimum absolute atomic E-state index is 0.0240. The molecule has 4 heteroatoms. The van der Waals surface area contributed by atoms with Gasteiger partial charge in [-0.1, -0.05) is 30.3 Å². The first-order valence-corrected chi connectivity index (χ1v) is 7.49. The Bertz CT molecular complexity index is 598. The molecule has 102 valence electrons. The molecule has 0 bridgehead atoms. The van der Waals surface area contributed by atoms with Crippen LogP contribution in [0.5, 0.6) is 0 Å². The van der Waals surface area contributed by atoms with E-state index in [0.717, 1.165) is 24.0 Å². The molecule has 1 fully saturated rings. The smallest absolute Gasteiger partial charge is 0.272 e. The maximum absolute atomic E-state index is 12.4. The first-order chi connectivity index (χ1) is 9.74. The molecule has 1 unspecified atom stereocenters. The molecule has 1 aromatic heterocycles. The minimum atomic E-state index is 0.0240. The molecule has 0 saturated carbocycles. The molecule has 1 aliphatic rings. The fourth-order valence-corrected chi connectivity index (χ4v) is 2.84. The van der Waals surface area contributed by atoms with E-state index >= 15 is 0 Å². The van der Waals surface area contributed by atoms with Crippen molar-refractivity contribution in [3.8, 4) is 0 Å². The number of amides is 1. The molecule has 2 heterocycles. The number of benzene rings is 1. The maximum atomic E-state index is 12.4. The number of nitrogens with zero attached hydrogens (tertiary/aromatic N) is 2. The Balaban J connectivity index is 1.71. The highest BCUT2D eigenvalue weighted by Crippen LogP contribution is 2.27. The molecule has 0 aliphatic carbocycles. The summed E-state index contributed by atoms with van der Waals surface area (Å²) in [6.45, 7) is 1.58. The summed E-state index contributed by atoms with van der Waals surface area (Å²) in [4.78, 5) is 18.5. The van der Waals surface area contributed by atoms with E-state index in [1.165, 1.54) is 5.56 Å². The van der Waals surface area contributed by atoms with Gasteiger partial charge in [-0.05, 0) is 40.0 Å². The molecule has 1 atom stereocenters. The van der Waals surface area contributed by atoms with Gasteiger partial charge in [0.1, 0.15) is 5.69 Å². The molecular formula is C16H15BrN2O. The highest BCUT2D eigenvalue weighted by molar-refractivity contribution is 9.10. The molecule has 0 spiro atoms. The number of likely N-dealkylation sites (tertiary alicyclic amines) is 1. The highest BCUT2D eigenvalue weighted by atomic mass is 79.9. The van der Waals surface area contributed by atoms with E-state index in [2.05, 4.69) is 45.2 Å². The van der Waals surface area contributed by atoms with Crippen molar-refractivity contribution >= 4 is 21.8 Å². The van der Waals surface area contributed by atoms with Crippen LogP contribution in [0.15, 0.2) is 53.1 Å². The van der Waals surface area contributed by atoms with Crippen molar-refractivity contribution in [3.63, 3.8) is 0 Å². The van der Waals surface area contributed by atoms with Crippen molar-refractivity contribution in [1.29, 1.82) is 0 Å². The van der Waals surface area contributed by atoms with Crippen molar-refractivity contribution in [2.24, 2.45) is 0 Å². The first-order valence-electron chi connectivity index (χ1n) is 6.70. The van der Waals surface area contributed by atoms with Crippen molar-refractivity contribution in [2.45, 2.75) is 12.3 Å². The summed E-state index contributed by atoms with van der Waals surface area (Å²) >= 11 is 3.33. The molecule has 1 saturated heterocycles. The maximum Gasteiger partial charge on any atom is 0.272 e. The van der Waals surface area contributed by atoms with E-state index < -0.39 is 0 Å². The Kier molecular flexibility index (Phi) is 3.83. The Labute approximate surface area is 126 Å². The Morgan fingerprint density at radius 1 is 1.20 bits per heavy atom. The van der Waals surface area contributed by atoms with E-state index in [9.17, 15) is 4.79 Å². The van der Waals surface area contributed by atoms with Crippen LogP contribution in [0.1, 0.15) is 28.4 Å². The van der Waals surface area contributed by atoms with Crippen molar-refractivity contribution in [2.75, 3.05) is 13.1 Å². The summed E-state index contributed by atoms with van der Waals surface area (Å²) in [6.07, 6.45) is 2.68. The lowest BCUT2D eigenvalue weighted by molar-refractivity contribution is 0.0785. The number of aromatic nitrogens is 1. The Morgan fingerprint density at radius 2 is 2.00 bits per heavy atom. The van der Waals surface area contributed by atoms with Crippen LogP contribution in [-0.2, 0) is 0 Å². The normalized spacial score (nSPS) is 18.2. The third-order valence-electron chi connectivity index (χ3n) is 3.69. The zero-order valence-electron chi connectivity index (χ0n) is 11.0. The third-order valence-corrected chi connectivity index (χ3v) is 4.16. The summed E-state index contributed by atoms with van der Waals surface area (Å²) in [5.74, 6) is 0.464. The Hall–Kier alpha value is -1.68. The van der Waals surface area contributed by atoms with Crippen LogP contribution in [0.3, 0.4) is 0 Å². The average molecular weight is 331 g/mol. The van der Waals surface area contributed by atoms with Gasteiger partial charge in [0, 0.05) is 29.7 Å². The van der Waals surface area contributed by atoms with E-state index in [1.807, 2.05) is 17.0 Å². The molecule has 0 radical (unpaired) electrons. The third kappa shape index (κ3) is 2.75. The fraction of sp³-hybridized carbons (Fsp3) is 0.250. The van der Waals surface area contributed by atoms with E-state index in [4.69, 9.17) is 0 Å². The number of hydrogen-bond acceptors (Lipinski definition) is 2. The lowest BCUT2D eigenvalue weighted by Gasteiger charge is -2.16. The highest BCUT2D eigenvalue weighted by Gasteiger charge is 2.28. The van der Waals surface area contributed by atoms with Gasteiger partial charge in [0.15, 0.2) is 0 Å². The monoisotopic (exact) mass is 330 g/mol. The molecule has 1 aromatic carbocycles. The van der Waals surface area contributed by atoms with Crippen LogP contribution in [0.4, 0.5) is 0 Å². The van der Waals surface area contributed by atoms with Crippen molar-refractivity contribution < 1.29 is 4.79 Å². The van der Waals surface area contributed by atoms with Crippen LogP contribution in [-0.4, -0.2) is 28.9 Å². The summed E-state index contributed by atoms with van der Waals surface area (Å²) in [5.41, 5.74) is 1.83. The zero-order chi connectivity index (χ0) is 13.9. The second-order valence-corrected chi connectivity index (χ2v) is 5.92. The van der Waals surface area contributed by atoms with Crippen molar-refractivity contribution in [3.05, 3.63) is 64.4 Å². The van der Waals surface area contributed by atoms with Gasteiger partial charge >= 0.3 is 0 Å². The molecule has 3 nitrogen and oxygen atoms in total. The summed E-state index contributed by atoms with van der Waals surface area (Å²) in [6, 6.07) is 14.0. The second-order valence-electron chi connectivity index (χ2n) is 5.01. The summed E-state index contributed by atoms with van der Waals surface area (Å²) < 4.78 is 0.887. The Morgan fingerprint density at radius 3 is 2.70 bits per heavy atom. The second kappa shape index (κ2) is 5.75. The van der Waals surface area contributed by atoms with Gasteiger partial charge in [-0.15, -0.1) is 0 Å². The van der Waals surface area contributed by atoms with E-state index in [-0.39, 0.29) is 5.91 Å². The molecule has 0 N–H and O–H groups in total.